The van der Waals surface area contributed by atoms with E-state index in [-0.39, 0.29) is 16.8 Å². The summed E-state index contributed by atoms with van der Waals surface area (Å²) >= 11 is 6.74. The Morgan fingerprint density at radius 1 is 1.20 bits per heavy atom. The molecule has 4 aliphatic rings. The average molecular weight is 292 g/mol. The van der Waals surface area contributed by atoms with E-state index < -0.39 is 5.60 Å². The highest BCUT2D eigenvalue weighted by atomic mass is 35.5. The summed E-state index contributed by atoms with van der Waals surface area (Å²) in [5.41, 5.74) is 7.03. The lowest BCUT2D eigenvalue weighted by atomic mass is 9.48. The Bertz CT molecular complexity index is 521. The summed E-state index contributed by atoms with van der Waals surface area (Å²) in [5, 5.41) is 11.2. The minimum atomic E-state index is -0.652. The zero-order chi connectivity index (χ0) is 14.0. The highest BCUT2D eigenvalue weighted by Gasteiger charge is 2.62. The topological polar surface area (TPSA) is 46.2 Å². The Morgan fingerprint density at radius 2 is 1.95 bits per heavy atom. The third-order valence-electron chi connectivity index (χ3n) is 5.88. The van der Waals surface area contributed by atoms with Crippen molar-refractivity contribution in [3.05, 3.63) is 35.9 Å². The van der Waals surface area contributed by atoms with Gasteiger partial charge < -0.3 is 10.8 Å². The first-order chi connectivity index (χ1) is 9.49. The van der Waals surface area contributed by atoms with Gasteiger partial charge in [-0.05, 0) is 49.5 Å². The van der Waals surface area contributed by atoms with Crippen LogP contribution in [-0.2, 0) is 0 Å². The summed E-state index contributed by atoms with van der Waals surface area (Å²) in [6.45, 7) is 0. The maximum Gasteiger partial charge on any atom is 0.0716 e. The smallest absolute Gasteiger partial charge is 0.0716 e. The number of aliphatic hydroxyl groups is 1. The predicted molar refractivity (Wildman–Crippen MR) is 80.5 cm³/mol. The van der Waals surface area contributed by atoms with Crippen molar-refractivity contribution < 1.29 is 5.11 Å². The first-order valence-corrected chi connectivity index (χ1v) is 8.09. The largest absolute Gasteiger partial charge is 0.389 e. The van der Waals surface area contributed by atoms with E-state index >= 15 is 0 Å². The van der Waals surface area contributed by atoms with E-state index in [4.69, 9.17) is 17.3 Å². The zero-order valence-corrected chi connectivity index (χ0v) is 12.4. The van der Waals surface area contributed by atoms with Crippen molar-refractivity contribution in [2.24, 2.45) is 23.5 Å². The summed E-state index contributed by atoms with van der Waals surface area (Å²) in [4.78, 5) is -0.159. The molecule has 1 aromatic carbocycles. The van der Waals surface area contributed by atoms with Crippen LogP contribution < -0.4 is 5.73 Å². The number of nitrogens with two attached hydrogens (primary N) is 1. The quantitative estimate of drug-likeness (QED) is 0.822. The fraction of sp³-hybridized carbons (Fsp3) is 0.647. The van der Waals surface area contributed by atoms with E-state index in [1.165, 1.54) is 6.42 Å². The molecule has 1 aromatic rings. The molecule has 5 rings (SSSR count). The molecule has 0 aliphatic heterocycles. The van der Waals surface area contributed by atoms with Gasteiger partial charge in [-0.3, -0.25) is 0 Å². The molecular formula is C17H22ClNO. The second kappa shape index (κ2) is 4.22. The molecule has 0 saturated heterocycles. The summed E-state index contributed by atoms with van der Waals surface area (Å²) in [6, 6.07) is 10.1. The van der Waals surface area contributed by atoms with Gasteiger partial charge in [0.15, 0.2) is 0 Å². The Balaban J connectivity index is 1.69. The van der Waals surface area contributed by atoms with Gasteiger partial charge in [-0.25, -0.2) is 0 Å². The molecule has 4 aliphatic carbocycles. The molecule has 2 nitrogen and oxygen atoms in total. The maximum atomic E-state index is 11.2. The molecule has 108 valence electrons. The number of alkyl halides is 1. The first kappa shape index (κ1) is 13.1. The fourth-order valence-electron chi connectivity index (χ4n) is 5.56. The van der Waals surface area contributed by atoms with E-state index in [2.05, 4.69) is 12.1 Å². The molecule has 0 unspecified atom stereocenters. The van der Waals surface area contributed by atoms with Crippen LogP contribution in [0.25, 0.3) is 0 Å². The van der Waals surface area contributed by atoms with Gasteiger partial charge in [-0.15, -0.1) is 11.6 Å². The van der Waals surface area contributed by atoms with Crippen molar-refractivity contribution in [3.63, 3.8) is 0 Å². The van der Waals surface area contributed by atoms with E-state index in [1.807, 2.05) is 18.2 Å². The van der Waals surface area contributed by atoms with Gasteiger partial charge in [-0.2, -0.15) is 0 Å². The molecule has 3 heteroatoms. The molecule has 20 heavy (non-hydrogen) atoms. The van der Waals surface area contributed by atoms with Crippen molar-refractivity contribution in [1.82, 2.24) is 0 Å². The van der Waals surface area contributed by atoms with E-state index in [0.29, 0.717) is 11.8 Å². The van der Waals surface area contributed by atoms with Gasteiger partial charge in [0.05, 0.1) is 5.60 Å². The molecule has 4 saturated carbocycles. The van der Waals surface area contributed by atoms with E-state index in [0.717, 1.165) is 31.2 Å². The molecule has 0 aromatic heterocycles. The minimum Gasteiger partial charge on any atom is -0.389 e. The number of rotatable bonds is 2. The molecule has 3 N–H and O–H groups in total. The highest BCUT2D eigenvalue weighted by Crippen LogP contribution is 2.64. The van der Waals surface area contributed by atoms with E-state index in [1.54, 1.807) is 0 Å². The summed E-state index contributed by atoms with van der Waals surface area (Å²) in [6.07, 6.45) is 4.92. The molecule has 4 bridgehead atoms. The third-order valence-corrected chi connectivity index (χ3v) is 6.33. The van der Waals surface area contributed by atoms with Gasteiger partial charge in [0, 0.05) is 16.8 Å². The molecule has 6 atom stereocenters. The standard InChI is InChI=1S/C17H22ClNO/c18-16-7-11-6-13(9-16)14(17(20,8-11)10-16)15(19)12-4-2-1-3-5-12/h1-5,11,13-15,20H,6-10,19H2/t11-,13+,14-,15+,16+,17+/m1/s1. The van der Waals surface area contributed by atoms with Crippen LogP contribution in [0.1, 0.15) is 43.7 Å². The van der Waals surface area contributed by atoms with Crippen LogP contribution in [0.5, 0.6) is 0 Å². The molecule has 0 amide bonds. The number of hydrogen-bond donors (Lipinski definition) is 2. The van der Waals surface area contributed by atoms with Crippen LogP contribution in [0, 0.1) is 17.8 Å². The Kier molecular flexibility index (Phi) is 2.77. The van der Waals surface area contributed by atoms with Gasteiger partial charge in [0.25, 0.3) is 0 Å². The lowest BCUT2D eigenvalue weighted by Crippen LogP contribution is -2.64. The minimum absolute atomic E-state index is 0.0773. The first-order valence-electron chi connectivity index (χ1n) is 7.71. The van der Waals surface area contributed by atoms with Crippen molar-refractivity contribution in [2.75, 3.05) is 0 Å². The van der Waals surface area contributed by atoms with Gasteiger partial charge >= 0.3 is 0 Å². The van der Waals surface area contributed by atoms with Gasteiger partial charge in [-0.1, -0.05) is 30.3 Å². The molecule has 0 radical (unpaired) electrons. The molecule has 0 heterocycles. The summed E-state index contributed by atoms with van der Waals surface area (Å²) in [7, 11) is 0. The van der Waals surface area contributed by atoms with Gasteiger partial charge in [0.1, 0.15) is 0 Å². The monoisotopic (exact) mass is 291 g/mol. The predicted octanol–water partition coefficient (Wildman–Crippen LogP) is 3.24. The fourth-order valence-corrected chi connectivity index (χ4v) is 6.21. The van der Waals surface area contributed by atoms with Crippen molar-refractivity contribution in [3.8, 4) is 0 Å². The number of hydrogen-bond acceptors (Lipinski definition) is 2. The average Bonchev–Trinajstić information content (AvgIpc) is 2.36. The molecular weight excluding hydrogens is 270 g/mol. The van der Waals surface area contributed by atoms with Crippen LogP contribution in [0.3, 0.4) is 0 Å². The zero-order valence-electron chi connectivity index (χ0n) is 11.6. The lowest BCUT2D eigenvalue weighted by molar-refractivity contribution is -0.170. The van der Waals surface area contributed by atoms with Crippen LogP contribution >= 0.6 is 11.6 Å². The Morgan fingerprint density at radius 3 is 2.60 bits per heavy atom. The van der Waals surface area contributed by atoms with Crippen LogP contribution in [0.2, 0.25) is 0 Å². The highest BCUT2D eigenvalue weighted by molar-refractivity contribution is 6.24. The van der Waals surface area contributed by atoms with Crippen LogP contribution in [0.15, 0.2) is 30.3 Å². The van der Waals surface area contributed by atoms with Crippen molar-refractivity contribution in [1.29, 1.82) is 0 Å². The summed E-state index contributed by atoms with van der Waals surface area (Å²) in [5.74, 6) is 1.24. The number of benzene rings is 1. The Hall–Kier alpha value is -0.570. The molecule has 0 spiro atoms. The Labute approximate surface area is 125 Å². The van der Waals surface area contributed by atoms with Crippen molar-refractivity contribution in [2.45, 2.75) is 48.6 Å². The van der Waals surface area contributed by atoms with Gasteiger partial charge in [0.2, 0.25) is 0 Å². The third kappa shape index (κ3) is 1.85. The maximum absolute atomic E-state index is 11.2. The van der Waals surface area contributed by atoms with Crippen LogP contribution in [-0.4, -0.2) is 15.6 Å². The van der Waals surface area contributed by atoms with E-state index in [9.17, 15) is 5.11 Å². The SMILES string of the molecule is N[C@@H](c1ccccc1)[C@H]1[C@H]2C[C@@H]3C[C@](Cl)(C2)C[C@@]1(O)C3. The lowest BCUT2D eigenvalue weighted by Gasteiger charge is -2.63. The second-order valence-electron chi connectivity index (χ2n) is 7.37. The molecule has 4 fully saturated rings. The van der Waals surface area contributed by atoms with Crippen LogP contribution in [0.4, 0.5) is 0 Å². The van der Waals surface area contributed by atoms with Crippen molar-refractivity contribution >= 4 is 11.6 Å². The number of halogens is 1. The summed E-state index contributed by atoms with van der Waals surface area (Å²) < 4.78 is 0. The normalized spacial score (nSPS) is 47.5. The second-order valence-corrected chi connectivity index (χ2v) is 8.17.